The van der Waals surface area contributed by atoms with Crippen molar-refractivity contribution in [1.82, 2.24) is 5.32 Å². The van der Waals surface area contributed by atoms with E-state index in [1.807, 2.05) is 57.2 Å². The van der Waals surface area contributed by atoms with Crippen molar-refractivity contribution in [2.24, 2.45) is 0 Å². The van der Waals surface area contributed by atoms with Gasteiger partial charge in [-0.2, -0.15) is 0 Å². The third-order valence-corrected chi connectivity index (χ3v) is 2.94. The summed E-state index contributed by atoms with van der Waals surface area (Å²) < 4.78 is 5.15. The number of hydrogen-bond donors (Lipinski definition) is 2. The predicted molar refractivity (Wildman–Crippen MR) is 90.3 cm³/mol. The first kappa shape index (κ1) is 18.7. The maximum absolute atomic E-state index is 11.5. The van der Waals surface area contributed by atoms with Crippen LogP contribution in [0, 0.1) is 0 Å². The van der Waals surface area contributed by atoms with E-state index in [0.29, 0.717) is 19.4 Å². The Kier molecular flexibility index (Phi) is 7.32. The van der Waals surface area contributed by atoms with Gasteiger partial charge in [-0.05, 0) is 44.7 Å². The maximum atomic E-state index is 11.5. The van der Waals surface area contributed by atoms with Gasteiger partial charge in [-0.25, -0.2) is 4.79 Å². The molecule has 0 aliphatic carbocycles. The Morgan fingerprint density at radius 2 is 1.96 bits per heavy atom. The number of carboxylic acids is 1. The lowest BCUT2D eigenvalue weighted by molar-refractivity contribution is -0.136. The monoisotopic (exact) mass is 319 g/mol. The van der Waals surface area contributed by atoms with Crippen LogP contribution in [0.15, 0.2) is 30.3 Å². The summed E-state index contributed by atoms with van der Waals surface area (Å²) in [5.41, 5.74) is 1.51. The fraction of sp³-hybridized carbons (Fsp3) is 0.444. The minimum atomic E-state index is -0.801. The smallest absolute Gasteiger partial charge is 0.407 e. The number of nitrogens with one attached hydrogen (secondary N) is 1. The molecular weight excluding hydrogens is 294 g/mol. The van der Waals surface area contributed by atoms with Crippen LogP contribution in [-0.4, -0.2) is 29.3 Å². The van der Waals surface area contributed by atoms with Crippen LogP contribution in [0.2, 0.25) is 0 Å². The zero-order valence-corrected chi connectivity index (χ0v) is 14.0. The SMILES string of the molecule is CC(C)(C)OC(=O)NCCC=Cc1ccccc1CCC(=O)O. The second kappa shape index (κ2) is 8.98. The normalized spacial score (nSPS) is 11.4. The number of aryl methyl sites for hydroxylation is 1. The molecule has 126 valence electrons. The van der Waals surface area contributed by atoms with Crippen molar-refractivity contribution in [2.45, 2.75) is 45.6 Å². The largest absolute Gasteiger partial charge is 0.481 e. The lowest BCUT2D eigenvalue weighted by Gasteiger charge is -2.19. The van der Waals surface area contributed by atoms with Crippen LogP contribution in [0.1, 0.15) is 44.7 Å². The van der Waals surface area contributed by atoms with Crippen molar-refractivity contribution in [3.8, 4) is 0 Å². The van der Waals surface area contributed by atoms with Gasteiger partial charge in [0.25, 0.3) is 0 Å². The Morgan fingerprint density at radius 1 is 1.26 bits per heavy atom. The third-order valence-electron chi connectivity index (χ3n) is 2.94. The number of carboxylic acid groups (broad SMARTS) is 1. The number of carbonyl (C=O) groups is 2. The Balaban J connectivity index is 2.43. The first-order chi connectivity index (χ1) is 10.8. The van der Waals surface area contributed by atoms with Crippen LogP contribution < -0.4 is 5.32 Å². The summed E-state index contributed by atoms with van der Waals surface area (Å²) in [6, 6.07) is 7.71. The van der Waals surface area contributed by atoms with Crippen LogP contribution in [-0.2, 0) is 16.0 Å². The van der Waals surface area contributed by atoms with Crippen LogP contribution >= 0.6 is 0 Å². The Bertz CT molecular complexity index is 558. The molecule has 0 aromatic heterocycles. The molecular formula is C18H25NO4. The number of alkyl carbamates (subject to hydrolysis) is 1. The molecule has 0 atom stereocenters. The number of benzene rings is 1. The van der Waals surface area contributed by atoms with E-state index >= 15 is 0 Å². The molecule has 0 aliphatic rings. The molecule has 0 aliphatic heterocycles. The van der Waals surface area contributed by atoms with E-state index in [1.165, 1.54) is 0 Å². The highest BCUT2D eigenvalue weighted by Crippen LogP contribution is 2.13. The highest BCUT2D eigenvalue weighted by atomic mass is 16.6. The summed E-state index contributed by atoms with van der Waals surface area (Å²) in [7, 11) is 0. The summed E-state index contributed by atoms with van der Waals surface area (Å²) in [6.07, 6.45) is 4.78. The lowest BCUT2D eigenvalue weighted by atomic mass is 10.0. The van der Waals surface area contributed by atoms with Crippen molar-refractivity contribution < 1.29 is 19.4 Å². The second-order valence-corrected chi connectivity index (χ2v) is 6.21. The van der Waals surface area contributed by atoms with Crippen molar-refractivity contribution in [2.75, 3.05) is 6.54 Å². The quantitative estimate of drug-likeness (QED) is 0.752. The van der Waals surface area contributed by atoms with Gasteiger partial charge in [0.05, 0.1) is 0 Å². The molecule has 0 spiro atoms. The molecule has 1 aromatic carbocycles. The number of carbonyl (C=O) groups excluding carboxylic acids is 1. The van der Waals surface area contributed by atoms with Crippen molar-refractivity contribution in [1.29, 1.82) is 0 Å². The zero-order valence-electron chi connectivity index (χ0n) is 14.0. The molecule has 0 bridgehead atoms. The average molecular weight is 319 g/mol. The molecule has 5 heteroatoms. The van der Waals surface area contributed by atoms with Crippen LogP contribution in [0.4, 0.5) is 4.79 Å². The fourth-order valence-electron chi connectivity index (χ4n) is 1.95. The maximum Gasteiger partial charge on any atom is 0.407 e. The number of aliphatic carboxylic acids is 1. The van der Waals surface area contributed by atoms with E-state index in [-0.39, 0.29) is 6.42 Å². The van der Waals surface area contributed by atoms with Gasteiger partial charge in [-0.3, -0.25) is 4.79 Å². The summed E-state index contributed by atoms with van der Waals surface area (Å²) in [6.45, 7) is 5.95. The molecule has 1 aromatic rings. The van der Waals surface area contributed by atoms with E-state index in [1.54, 1.807) is 0 Å². The van der Waals surface area contributed by atoms with Gasteiger partial charge in [0.1, 0.15) is 5.60 Å². The standard InChI is InChI=1S/C18H25NO4/c1-18(2,3)23-17(22)19-13-7-6-10-14-8-4-5-9-15(14)11-12-16(20)21/h4-6,8-10H,7,11-13H2,1-3H3,(H,19,22)(H,20,21). The fourth-order valence-corrected chi connectivity index (χ4v) is 1.95. The molecule has 1 rings (SSSR count). The molecule has 23 heavy (non-hydrogen) atoms. The van der Waals surface area contributed by atoms with Crippen molar-refractivity contribution >= 4 is 18.1 Å². The third kappa shape index (κ3) is 8.66. The minimum Gasteiger partial charge on any atom is -0.481 e. The molecule has 0 fully saturated rings. The topological polar surface area (TPSA) is 75.6 Å². The second-order valence-electron chi connectivity index (χ2n) is 6.21. The lowest BCUT2D eigenvalue weighted by Crippen LogP contribution is -2.32. The summed E-state index contributed by atoms with van der Waals surface area (Å²) in [4.78, 5) is 22.2. The summed E-state index contributed by atoms with van der Waals surface area (Å²) in [5.74, 6) is -0.801. The molecule has 0 radical (unpaired) electrons. The summed E-state index contributed by atoms with van der Waals surface area (Å²) in [5, 5.41) is 11.5. The van der Waals surface area contributed by atoms with Crippen molar-refractivity contribution in [3.63, 3.8) is 0 Å². The minimum absolute atomic E-state index is 0.116. The molecule has 0 heterocycles. The van der Waals surface area contributed by atoms with Gasteiger partial charge >= 0.3 is 12.1 Å². The van der Waals surface area contributed by atoms with Crippen LogP contribution in [0.5, 0.6) is 0 Å². The van der Waals surface area contributed by atoms with Gasteiger partial charge in [0, 0.05) is 13.0 Å². The number of hydrogen-bond acceptors (Lipinski definition) is 3. The summed E-state index contributed by atoms with van der Waals surface area (Å²) >= 11 is 0. The van der Waals surface area contributed by atoms with E-state index in [9.17, 15) is 9.59 Å². The number of ether oxygens (including phenoxy) is 1. The van der Waals surface area contributed by atoms with Crippen LogP contribution in [0.25, 0.3) is 6.08 Å². The first-order valence-corrected chi connectivity index (χ1v) is 7.71. The van der Waals surface area contributed by atoms with E-state index in [0.717, 1.165) is 11.1 Å². The van der Waals surface area contributed by atoms with Gasteiger partial charge in [-0.15, -0.1) is 0 Å². The molecule has 0 saturated carbocycles. The highest BCUT2D eigenvalue weighted by molar-refractivity contribution is 5.68. The van der Waals surface area contributed by atoms with E-state index in [4.69, 9.17) is 9.84 Å². The van der Waals surface area contributed by atoms with Gasteiger partial charge in [0.2, 0.25) is 0 Å². The molecule has 2 N–H and O–H groups in total. The van der Waals surface area contributed by atoms with Gasteiger partial charge < -0.3 is 15.2 Å². The number of rotatable bonds is 7. The molecule has 0 saturated heterocycles. The van der Waals surface area contributed by atoms with E-state index in [2.05, 4.69) is 5.32 Å². The van der Waals surface area contributed by atoms with Crippen molar-refractivity contribution in [3.05, 3.63) is 41.5 Å². The average Bonchev–Trinajstić information content (AvgIpc) is 2.43. The predicted octanol–water partition coefficient (Wildman–Crippen LogP) is 3.63. The number of amides is 1. The highest BCUT2D eigenvalue weighted by Gasteiger charge is 2.15. The van der Waals surface area contributed by atoms with Crippen LogP contribution in [0.3, 0.4) is 0 Å². The first-order valence-electron chi connectivity index (χ1n) is 7.71. The Labute approximate surface area is 137 Å². The molecule has 1 amide bonds. The van der Waals surface area contributed by atoms with Gasteiger partial charge in [0.15, 0.2) is 0 Å². The zero-order chi connectivity index (χ0) is 17.3. The Morgan fingerprint density at radius 3 is 2.61 bits per heavy atom. The van der Waals surface area contributed by atoms with Gasteiger partial charge in [-0.1, -0.05) is 36.4 Å². The Hall–Kier alpha value is -2.30. The molecule has 0 unspecified atom stereocenters. The van der Waals surface area contributed by atoms with E-state index < -0.39 is 17.7 Å². The molecule has 5 nitrogen and oxygen atoms in total.